The highest BCUT2D eigenvalue weighted by Gasteiger charge is 1.94. The molecule has 0 aliphatic rings. The van der Waals surface area contributed by atoms with E-state index in [0.29, 0.717) is 5.02 Å². The van der Waals surface area contributed by atoms with Crippen molar-refractivity contribution in [2.24, 2.45) is 0 Å². The molecule has 16 heavy (non-hydrogen) atoms. The van der Waals surface area contributed by atoms with E-state index in [9.17, 15) is 0 Å². The van der Waals surface area contributed by atoms with Gasteiger partial charge in [-0.05, 0) is 36.4 Å². The van der Waals surface area contributed by atoms with Gasteiger partial charge in [-0.2, -0.15) is 0 Å². The van der Waals surface area contributed by atoms with Crippen molar-refractivity contribution in [3.63, 3.8) is 0 Å². The molecule has 0 spiro atoms. The minimum absolute atomic E-state index is 0.186. The van der Waals surface area contributed by atoms with Crippen LogP contribution >= 0.6 is 11.6 Å². The predicted molar refractivity (Wildman–Crippen MR) is 64.0 cm³/mol. The first-order valence-electron chi connectivity index (χ1n) is 4.91. The average Bonchev–Trinajstić information content (AvgIpc) is 2.33. The number of para-hydroxylation sites is 1. The van der Waals surface area contributed by atoms with Gasteiger partial charge < -0.3 is 9.47 Å². The van der Waals surface area contributed by atoms with Gasteiger partial charge >= 0.3 is 0 Å². The highest BCUT2D eigenvalue weighted by Crippen LogP contribution is 2.16. The summed E-state index contributed by atoms with van der Waals surface area (Å²) in [5, 5.41) is 0.691. The monoisotopic (exact) mass is 234 g/mol. The van der Waals surface area contributed by atoms with Crippen LogP contribution in [0.4, 0.5) is 0 Å². The molecule has 0 saturated carbocycles. The Morgan fingerprint density at radius 3 is 1.94 bits per heavy atom. The first kappa shape index (κ1) is 10.8. The van der Waals surface area contributed by atoms with Crippen molar-refractivity contribution in [2.45, 2.75) is 0 Å². The molecule has 0 fully saturated rings. The second-order valence-corrected chi connectivity index (χ2v) is 3.61. The molecule has 0 aliphatic heterocycles. The molecule has 0 saturated heterocycles. The Morgan fingerprint density at radius 1 is 0.750 bits per heavy atom. The summed E-state index contributed by atoms with van der Waals surface area (Å²) in [6.07, 6.45) is 0. The van der Waals surface area contributed by atoms with Crippen molar-refractivity contribution >= 4 is 11.6 Å². The summed E-state index contributed by atoms with van der Waals surface area (Å²) < 4.78 is 10.8. The normalized spacial score (nSPS) is 9.81. The van der Waals surface area contributed by atoms with Crippen LogP contribution in [0.2, 0.25) is 5.02 Å². The minimum atomic E-state index is 0.186. The minimum Gasteiger partial charge on any atom is -0.458 e. The maximum Gasteiger partial charge on any atom is 0.230 e. The van der Waals surface area contributed by atoms with E-state index in [2.05, 4.69) is 0 Å². The molecule has 0 unspecified atom stereocenters. The number of ether oxygens (including phenoxy) is 2. The van der Waals surface area contributed by atoms with Crippen LogP contribution in [-0.4, -0.2) is 6.79 Å². The molecular formula is C13H11ClO2. The highest BCUT2D eigenvalue weighted by molar-refractivity contribution is 6.30. The van der Waals surface area contributed by atoms with Gasteiger partial charge in [0.2, 0.25) is 6.79 Å². The fraction of sp³-hybridized carbons (Fsp3) is 0.0769. The van der Waals surface area contributed by atoms with Gasteiger partial charge in [-0.15, -0.1) is 0 Å². The van der Waals surface area contributed by atoms with E-state index >= 15 is 0 Å². The molecule has 0 aliphatic carbocycles. The van der Waals surface area contributed by atoms with Crippen LogP contribution in [0.5, 0.6) is 11.5 Å². The van der Waals surface area contributed by atoms with Crippen LogP contribution < -0.4 is 9.47 Å². The van der Waals surface area contributed by atoms with Gasteiger partial charge in [0.25, 0.3) is 0 Å². The Hall–Kier alpha value is -1.67. The van der Waals surface area contributed by atoms with Crippen LogP contribution in [0.25, 0.3) is 0 Å². The molecule has 0 N–H and O–H groups in total. The van der Waals surface area contributed by atoms with Gasteiger partial charge in [0.15, 0.2) is 0 Å². The Morgan fingerprint density at radius 2 is 1.31 bits per heavy atom. The zero-order valence-corrected chi connectivity index (χ0v) is 9.35. The quantitative estimate of drug-likeness (QED) is 0.750. The lowest BCUT2D eigenvalue weighted by Crippen LogP contribution is -2.05. The number of hydrogen-bond donors (Lipinski definition) is 0. The van der Waals surface area contributed by atoms with E-state index in [-0.39, 0.29) is 6.79 Å². The number of benzene rings is 2. The van der Waals surface area contributed by atoms with E-state index in [0.717, 1.165) is 11.5 Å². The first-order chi connectivity index (χ1) is 7.84. The third-order valence-corrected chi connectivity index (χ3v) is 2.26. The molecule has 2 rings (SSSR count). The van der Waals surface area contributed by atoms with Crippen LogP contribution in [-0.2, 0) is 0 Å². The number of halogens is 1. The fourth-order valence-electron chi connectivity index (χ4n) is 1.21. The predicted octanol–water partition coefficient (Wildman–Crippen LogP) is 3.76. The van der Waals surface area contributed by atoms with Gasteiger partial charge in [-0.1, -0.05) is 29.8 Å². The molecule has 0 amide bonds. The van der Waals surface area contributed by atoms with E-state index in [1.807, 2.05) is 30.3 Å². The molecule has 0 bridgehead atoms. The molecule has 0 aromatic heterocycles. The maximum absolute atomic E-state index is 5.75. The molecule has 0 radical (unpaired) electrons. The van der Waals surface area contributed by atoms with Crippen LogP contribution in [0, 0.1) is 0 Å². The third kappa shape index (κ3) is 3.17. The Bertz CT molecular complexity index is 425. The van der Waals surface area contributed by atoms with Crippen LogP contribution in [0.3, 0.4) is 0 Å². The fourth-order valence-corrected chi connectivity index (χ4v) is 1.34. The second kappa shape index (κ2) is 5.42. The van der Waals surface area contributed by atoms with Crippen molar-refractivity contribution in [1.82, 2.24) is 0 Å². The van der Waals surface area contributed by atoms with Gasteiger partial charge in [0.1, 0.15) is 11.5 Å². The molecule has 3 heteroatoms. The number of hydrogen-bond acceptors (Lipinski definition) is 2. The van der Waals surface area contributed by atoms with Crippen LogP contribution in [0.15, 0.2) is 54.6 Å². The molecule has 2 nitrogen and oxygen atoms in total. The summed E-state index contributed by atoms with van der Waals surface area (Å²) in [6.45, 7) is 0.186. The molecular weight excluding hydrogens is 224 g/mol. The van der Waals surface area contributed by atoms with Crippen molar-refractivity contribution in [2.75, 3.05) is 6.79 Å². The SMILES string of the molecule is Clc1ccc(OCOc2ccccc2)cc1. The number of rotatable bonds is 4. The van der Waals surface area contributed by atoms with E-state index in [1.54, 1.807) is 24.3 Å². The molecule has 82 valence electrons. The zero-order valence-electron chi connectivity index (χ0n) is 8.60. The summed E-state index contributed by atoms with van der Waals surface area (Å²) in [5.74, 6) is 1.52. The summed E-state index contributed by atoms with van der Waals surface area (Å²) in [4.78, 5) is 0. The summed E-state index contributed by atoms with van der Waals surface area (Å²) in [6, 6.07) is 16.7. The summed E-state index contributed by atoms with van der Waals surface area (Å²) in [7, 11) is 0. The Balaban J connectivity index is 1.82. The van der Waals surface area contributed by atoms with Crippen molar-refractivity contribution in [1.29, 1.82) is 0 Å². The standard InChI is InChI=1S/C13H11ClO2/c14-11-6-8-13(9-7-11)16-10-15-12-4-2-1-3-5-12/h1-9H,10H2. The summed E-state index contributed by atoms with van der Waals surface area (Å²) in [5.41, 5.74) is 0. The third-order valence-electron chi connectivity index (χ3n) is 2.01. The van der Waals surface area contributed by atoms with E-state index in [1.165, 1.54) is 0 Å². The van der Waals surface area contributed by atoms with E-state index in [4.69, 9.17) is 21.1 Å². The second-order valence-electron chi connectivity index (χ2n) is 3.17. The smallest absolute Gasteiger partial charge is 0.230 e. The topological polar surface area (TPSA) is 18.5 Å². The van der Waals surface area contributed by atoms with E-state index < -0.39 is 0 Å². The molecule has 2 aromatic carbocycles. The van der Waals surface area contributed by atoms with Gasteiger partial charge in [-0.25, -0.2) is 0 Å². The van der Waals surface area contributed by atoms with Crippen LogP contribution in [0.1, 0.15) is 0 Å². The average molecular weight is 235 g/mol. The van der Waals surface area contributed by atoms with Crippen molar-refractivity contribution < 1.29 is 9.47 Å². The van der Waals surface area contributed by atoms with Crippen molar-refractivity contribution in [3.8, 4) is 11.5 Å². The Kier molecular flexibility index (Phi) is 3.67. The largest absolute Gasteiger partial charge is 0.458 e. The van der Waals surface area contributed by atoms with Gasteiger partial charge in [0.05, 0.1) is 0 Å². The Labute approximate surface area is 99.4 Å². The first-order valence-corrected chi connectivity index (χ1v) is 5.28. The highest BCUT2D eigenvalue weighted by atomic mass is 35.5. The van der Waals surface area contributed by atoms with Gasteiger partial charge in [-0.3, -0.25) is 0 Å². The maximum atomic E-state index is 5.75. The zero-order chi connectivity index (χ0) is 11.2. The molecule has 2 aromatic rings. The molecule has 0 atom stereocenters. The lowest BCUT2D eigenvalue weighted by molar-refractivity contribution is 0.120. The summed E-state index contributed by atoms with van der Waals surface area (Å²) >= 11 is 5.75. The van der Waals surface area contributed by atoms with Crippen molar-refractivity contribution in [3.05, 3.63) is 59.6 Å². The lowest BCUT2D eigenvalue weighted by Gasteiger charge is -2.07. The van der Waals surface area contributed by atoms with Gasteiger partial charge in [0, 0.05) is 5.02 Å². The molecule has 0 heterocycles. The lowest BCUT2D eigenvalue weighted by atomic mass is 10.3.